The predicted molar refractivity (Wildman–Crippen MR) is 76.2 cm³/mol. The molecule has 0 saturated heterocycles. The number of hydrogen-bond donors (Lipinski definition) is 2. The van der Waals surface area contributed by atoms with Gasteiger partial charge in [0.05, 0.1) is 0 Å². The maximum absolute atomic E-state index is 14.1. The zero-order valence-corrected chi connectivity index (χ0v) is 12.1. The molecule has 3 N–H and O–H groups in total. The molecule has 0 aliphatic heterocycles. The number of benzene rings is 1. The first kappa shape index (κ1) is 14.8. The predicted octanol–water partition coefficient (Wildman–Crippen LogP) is 3.16. The van der Waals surface area contributed by atoms with E-state index in [9.17, 15) is 9.18 Å². The van der Waals surface area contributed by atoms with E-state index in [1.807, 2.05) is 0 Å². The van der Waals surface area contributed by atoms with Gasteiger partial charge in [0.15, 0.2) is 0 Å². The van der Waals surface area contributed by atoms with Crippen molar-refractivity contribution in [2.45, 2.75) is 44.6 Å². The van der Waals surface area contributed by atoms with Gasteiger partial charge in [-0.05, 0) is 51.3 Å². The van der Waals surface area contributed by atoms with E-state index in [1.165, 1.54) is 6.07 Å². The third-order valence-electron chi connectivity index (χ3n) is 3.43. The molecule has 4 nitrogen and oxygen atoms in total. The Hall–Kier alpha value is -1.62. The fourth-order valence-electron chi connectivity index (χ4n) is 2.18. The molecule has 1 fully saturated rings. The smallest absolute Gasteiger partial charge is 0.412 e. The minimum absolute atomic E-state index is 0.200. The van der Waals surface area contributed by atoms with Crippen molar-refractivity contribution in [3.8, 4) is 0 Å². The summed E-state index contributed by atoms with van der Waals surface area (Å²) in [5.41, 5.74) is 5.94. The Kier molecular flexibility index (Phi) is 3.73. The minimum Gasteiger partial charge on any atom is -0.444 e. The second-order valence-electron chi connectivity index (χ2n) is 6.31. The summed E-state index contributed by atoms with van der Waals surface area (Å²) in [7, 11) is 0. The number of hydrogen-bond acceptors (Lipinski definition) is 3. The van der Waals surface area contributed by atoms with Crippen LogP contribution in [0.3, 0.4) is 0 Å². The lowest BCUT2D eigenvalue weighted by Gasteiger charge is -2.20. The third-order valence-corrected chi connectivity index (χ3v) is 3.43. The Labute approximate surface area is 118 Å². The van der Waals surface area contributed by atoms with Gasteiger partial charge < -0.3 is 10.5 Å². The van der Waals surface area contributed by atoms with Gasteiger partial charge in [0, 0.05) is 17.6 Å². The van der Waals surface area contributed by atoms with Gasteiger partial charge in [-0.2, -0.15) is 0 Å². The Morgan fingerprint density at radius 3 is 2.55 bits per heavy atom. The highest BCUT2D eigenvalue weighted by Gasteiger charge is 2.44. The fourth-order valence-corrected chi connectivity index (χ4v) is 2.18. The monoisotopic (exact) mass is 280 g/mol. The Balaban J connectivity index is 2.08. The molecule has 1 saturated carbocycles. The number of rotatable bonds is 3. The average Bonchev–Trinajstić information content (AvgIpc) is 3.07. The van der Waals surface area contributed by atoms with Crippen molar-refractivity contribution in [3.63, 3.8) is 0 Å². The number of nitrogens with two attached hydrogens (primary N) is 1. The van der Waals surface area contributed by atoms with E-state index in [0.717, 1.165) is 12.8 Å². The van der Waals surface area contributed by atoms with E-state index in [4.69, 9.17) is 10.5 Å². The van der Waals surface area contributed by atoms with Gasteiger partial charge in [-0.3, -0.25) is 5.32 Å². The summed E-state index contributed by atoms with van der Waals surface area (Å²) in [4.78, 5) is 11.6. The lowest BCUT2D eigenvalue weighted by Crippen LogP contribution is -2.27. The first-order valence-electron chi connectivity index (χ1n) is 6.76. The Bertz CT molecular complexity index is 519. The van der Waals surface area contributed by atoms with Crippen LogP contribution in [-0.2, 0) is 10.2 Å². The molecule has 1 aliphatic carbocycles. The summed E-state index contributed by atoms with van der Waals surface area (Å²) >= 11 is 0. The fraction of sp³-hybridized carbons (Fsp3) is 0.533. The summed E-state index contributed by atoms with van der Waals surface area (Å²) in [6.45, 7) is 5.76. The molecule has 0 atom stereocenters. The maximum atomic E-state index is 14.1. The Morgan fingerprint density at radius 2 is 2.10 bits per heavy atom. The standard InChI is InChI=1S/C15H21FN2O2/c1-14(2,3)20-13(19)18-10-4-5-11(12(16)8-10)15(9-17)6-7-15/h4-5,8H,6-7,9,17H2,1-3H3,(H,18,19). The third kappa shape index (κ3) is 3.28. The molecular weight excluding hydrogens is 259 g/mol. The van der Waals surface area contributed by atoms with E-state index in [-0.39, 0.29) is 11.2 Å². The molecule has 1 aromatic carbocycles. The number of carbonyl (C=O) groups is 1. The molecule has 1 aliphatic rings. The van der Waals surface area contributed by atoms with Gasteiger partial charge in [-0.25, -0.2) is 9.18 Å². The number of amides is 1. The molecule has 2 rings (SSSR count). The first-order chi connectivity index (χ1) is 9.26. The van der Waals surface area contributed by atoms with Crippen LogP contribution in [0.2, 0.25) is 0 Å². The average molecular weight is 280 g/mol. The first-order valence-corrected chi connectivity index (χ1v) is 6.76. The van der Waals surface area contributed by atoms with E-state index in [2.05, 4.69) is 5.32 Å². The van der Waals surface area contributed by atoms with E-state index in [1.54, 1.807) is 32.9 Å². The van der Waals surface area contributed by atoms with Gasteiger partial charge >= 0.3 is 6.09 Å². The van der Waals surface area contributed by atoms with E-state index in [0.29, 0.717) is 17.8 Å². The van der Waals surface area contributed by atoms with Gasteiger partial charge in [0.25, 0.3) is 0 Å². The molecule has 20 heavy (non-hydrogen) atoms. The van der Waals surface area contributed by atoms with Crippen LogP contribution >= 0.6 is 0 Å². The quantitative estimate of drug-likeness (QED) is 0.894. The second-order valence-corrected chi connectivity index (χ2v) is 6.31. The minimum atomic E-state index is -0.593. The van der Waals surface area contributed by atoms with Gasteiger partial charge in [-0.1, -0.05) is 6.07 Å². The molecule has 0 spiro atoms. The van der Waals surface area contributed by atoms with E-state index >= 15 is 0 Å². The van der Waals surface area contributed by atoms with Gasteiger partial charge in [0.1, 0.15) is 11.4 Å². The van der Waals surface area contributed by atoms with Crippen molar-refractivity contribution in [1.29, 1.82) is 0 Å². The van der Waals surface area contributed by atoms with Crippen LogP contribution < -0.4 is 11.1 Å². The van der Waals surface area contributed by atoms with Crippen LogP contribution in [0.25, 0.3) is 0 Å². The maximum Gasteiger partial charge on any atom is 0.412 e. The van der Waals surface area contributed by atoms with Crippen LogP contribution in [0.4, 0.5) is 14.9 Å². The van der Waals surface area contributed by atoms with Crippen molar-refractivity contribution in [1.82, 2.24) is 0 Å². The highest BCUT2D eigenvalue weighted by atomic mass is 19.1. The highest BCUT2D eigenvalue weighted by Crippen LogP contribution is 2.48. The number of anilines is 1. The molecule has 0 aromatic heterocycles. The molecule has 1 aromatic rings. The van der Waals surface area contributed by atoms with Crippen LogP contribution in [0, 0.1) is 5.82 Å². The van der Waals surface area contributed by atoms with Crippen LogP contribution in [0.1, 0.15) is 39.2 Å². The summed E-state index contributed by atoms with van der Waals surface area (Å²) in [5.74, 6) is -0.332. The van der Waals surface area contributed by atoms with Crippen molar-refractivity contribution in [2.75, 3.05) is 11.9 Å². The molecule has 1 amide bonds. The molecule has 0 heterocycles. The molecule has 0 bridgehead atoms. The summed E-state index contributed by atoms with van der Waals surface area (Å²) in [6, 6.07) is 4.69. The number of halogens is 1. The highest BCUT2D eigenvalue weighted by molar-refractivity contribution is 5.84. The zero-order chi connectivity index (χ0) is 15.0. The molecule has 5 heteroatoms. The topological polar surface area (TPSA) is 64.3 Å². The number of nitrogens with one attached hydrogen (secondary N) is 1. The van der Waals surface area contributed by atoms with Crippen molar-refractivity contribution < 1.29 is 13.9 Å². The molecule has 110 valence electrons. The lowest BCUT2D eigenvalue weighted by molar-refractivity contribution is 0.0636. The largest absolute Gasteiger partial charge is 0.444 e. The van der Waals surface area contributed by atoms with Crippen LogP contribution in [0.5, 0.6) is 0 Å². The summed E-state index contributed by atoms with van der Waals surface area (Å²) in [6.07, 6.45) is 1.24. The van der Waals surface area contributed by atoms with Crippen molar-refractivity contribution in [2.24, 2.45) is 5.73 Å². The zero-order valence-electron chi connectivity index (χ0n) is 12.1. The van der Waals surface area contributed by atoms with Crippen LogP contribution in [0.15, 0.2) is 18.2 Å². The SMILES string of the molecule is CC(C)(C)OC(=O)Nc1ccc(C2(CN)CC2)c(F)c1. The van der Waals surface area contributed by atoms with Gasteiger partial charge in [0.2, 0.25) is 0 Å². The van der Waals surface area contributed by atoms with Crippen LogP contribution in [-0.4, -0.2) is 18.2 Å². The lowest BCUT2D eigenvalue weighted by atomic mass is 9.95. The normalized spacial score (nSPS) is 16.6. The number of ether oxygens (including phenoxy) is 1. The van der Waals surface area contributed by atoms with Crippen molar-refractivity contribution in [3.05, 3.63) is 29.6 Å². The van der Waals surface area contributed by atoms with Crippen molar-refractivity contribution >= 4 is 11.8 Å². The van der Waals surface area contributed by atoms with Gasteiger partial charge in [-0.15, -0.1) is 0 Å². The molecule has 0 unspecified atom stereocenters. The number of carbonyl (C=O) groups excluding carboxylic acids is 1. The molecular formula is C15H21FN2O2. The Morgan fingerprint density at radius 1 is 1.45 bits per heavy atom. The summed E-state index contributed by atoms with van der Waals surface area (Å²) in [5, 5.41) is 2.52. The van der Waals surface area contributed by atoms with E-state index < -0.39 is 11.7 Å². The summed E-state index contributed by atoms with van der Waals surface area (Å²) < 4.78 is 19.2. The molecule has 0 radical (unpaired) electrons. The second kappa shape index (κ2) is 5.05.